The Hall–Kier alpha value is -0.990. The van der Waals surface area contributed by atoms with Gasteiger partial charge in [-0.25, -0.2) is 0 Å². The number of hydrogen-bond donors (Lipinski definition) is 1. The van der Waals surface area contributed by atoms with E-state index in [0.717, 1.165) is 11.3 Å². The van der Waals surface area contributed by atoms with Crippen LogP contribution in [0.3, 0.4) is 0 Å². The Labute approximate surface area is 95.1 Å². The summed E-state index contributed by atoms with van der Waals surface area (Å²) in [5, 5.41) is 10.3. The molecule has 0 heterocycles. The summed E-state index contributed by atoms with van der Waals surface area (Å²) in [6.07, 6.45) is 2.35. The first-order valence-electron chi connectivity index (χ1n) is 4.78. The molecular weight excluding hydrogens is 212 g/mol. The maximum Gasteiger partial charge on any atom is 0.122 e. The van der Waals surface area contributed by atoms with E-state index in [1.54, 1.807) is 25.3 Å². The fourth-order valence-corrected chi connectivity index (χ4v) is 1.63. The van der Waals surface area contributed by atoms with Gasteiger partial charge in [-0.05, 0) is 30.2 Å². The van der Waals surface area contributed by atoms with Crippen LogP contribution in [0.4, 0.5) is 0 Å². The second-order valence-electron chi connectivity index (χ2n) is 3.34. The molecule has 0 fully saturated rings. The Morgan fingerprint density at radius 2 is 2.33 bits per heavy atom. The van der Waals surface area contributed by atoms with Crippen LogP contribution in [0, 0.1) is 0 Å². The van der Waals surface area contributed by atoms with E-state index in [9.17, 15) is 5.11 Å². The molecule has 1 aromatic rings. The first-order valence-corrected chi connectivity index (χ1v) is 5.16. The van der Waals surface area contributed by atoms with Gasteiger partial charge in [0.1, 0.15) is 5.75 Å². The van der Waals surface area contributed by atoms with Crippen LogP contribution in [0.15, 0.2) is 30.9 Å². The van der Waals surface area contributed by atoms with Crippen molar-refractivity contribution in [2.45, 2.75) is 18.9 Å². The summed E-state index contributed by atoms with van der Waals surface area (Å²) in [4.78, 5) is 0. The second kappa shape index (κ2) is 5.79. The normalized spacial score (nSPS) is 12.2. The lowest BCUT2D eigenvalue weighted by Gasteiger charge is -2.12. The minimum Gasteiger partial charge on any atom is -0.496 e. The van der Waals surface area contributed by atoms with Gasteiger partial charge in [0.25, 0.3) is 0 Å². The number of ether oxygens (including phenoxy) is 1. The third-order valence-electron chi connectivity index (χ3n) is 2.14. The molecule has 15 heavy (non-hydrogen) atoms. The van der Waals surface area contributed by atoms with Crippen LogP contribution in [-0.2, 0) is 6.42 Å². The Balaban J connectivity index is 2.81. The molecule has 0 aromatic heterocycles. The van der Waals surface area contributed by atoms with E-state index in [1.807, 2.05) is 6.07 Å². The molecule has 0 aliphatic carbocycles. The molecule has 3 heteroatoms. The molecule has 0 radical (unpaired) electrons. The largest absolute Gasteiger partial charge is 0.496 e. The summed E-state index contributed by atoms with van der Waals surface area (Å²) in [7, 11) is 1.60. The van der Waals surface area contributed by atoms with Crippen molar-refractivity contribution in [3.8, 4) is 5.75 Å². The van der Waals surface area contributed by atoms with Crippen molar-refractivity contribution in [2.75, 3.05) is 7.11 Å². The van der Waals surface area contributed by atoms with Gasteiger partial charge in [0, 0.05) is 11.4 Å². The van der Waals surface area contributed by atoms with Crippen molar-refractivity contribution >= 4 is 11.6 Å². The van der Waals surface area contributed by atoms with Crippen LogP contribution in [0.25, 0.3) is 0 Å². The van der Waals surface area contributed by atoms with Crippen molar-refractivity contribution in [1.82, 2.24) is 0 Å². The van der Waals surface area contributed by atoms with Gasteiger partial charge in [0.05, 0.1) is 13.2 Å². The van der Waals surface area contributed by atoms with Gasteiger partial charge in [-0.3, -0.25) is 0 Å². The van der Waals surface area contributed by atoms with Crippen LogP contribution in [0.1, 0.15) is 12.0 Å². The molecular formula is C12H15ClO2. The van der Waals surface area contributed by atoms with Crippen LogP contribution >= 0.6 is 11.6 Å². The minimum atomic E-state index is -0.435. The summed E-state index contributed by atoms with van der Waals surface area (Å²) >= 11 is 5.88. The topological polar surface area (TPSA) is 29.5 Å². The molecule has 82 valence electrons. The van der Waals surface area contributed by atoms with Gasteiger partial charge in [0.2, 0.25) is 0 Å². The average Bonchev–Trinajstić information content (AvgIpc) is 2.18. The standard InChI is InChI=1S/C12H15ClO2/c1-3-4-11(14)8-9-7-10(13)5-6-12(9)15-2/h3,5-7,11,14H,1,4,8H2,2H3. The van der Waals surface area contributed by atoms with Crippen molar-refractivity contribution in [1.29, 1.82) is 0 Å². The molecule has 0 spiro atoms. The first kappa shape index (κ1) is 12.1. The Bertz CT molecular complexity index is 336. The molecule has 1 N–H and O–H groups in total. The van der Waals surface area contributed by atoms with Crippen molar-refractivity contribution < 1.29 is 9.84 Å². The van der Waals surface area contributed by atoms with Gasteiger partial charge in [-0.1, -0.05) is 17.7 Å². The number of rotatable bonds is 5. The third-order valence-corrected chi connectivity index (χ3v) is 2.37. The van der Waals surface area contributed by atoms with Gasteiger partial charge < -0.3 is 9.84 Å². The molecule has 0 saturated carbocycles. The quantitative estimate of drug-likeness (QED) is 0.783. The van der Waals surface area contributed by atoms with E-state index in [2.05, 4.69) is 6.58 Å². The fraction of sp³-hybridized carbons (Fsp3) is 0.333. The predicted molar refractivity (Wildman–Crippen MR) is 62.5 cm³/mol. The lowest BCUT2D eigenvalue weighted by Crippen LogP contribution is -2.09. The number of aliphatic hydroxyl groups excluding tert-OH is 1. The van der Waals surface area contributed by atoms with E-state index in [0.29, 0.717) is 17.9 Å². The summed E-state index contributed by atoms with van der Waals surface area (Å²) in [6.45, 7) is 3.59. The molecule has 1 atom stereocenters. The van der Waals surface area contributed by atoms with Crippen LogP contribution in [0.2, 0.25) is 5.02 Å². The molecule has 1 unspecified atom stereocenters. The minimum absolute atomic E-state index is 0.435. The Kier molecular flexibility index (Phi) is 4.66. The smallest absolute Gasteiger partial charge is 0.122 e. The monoisotopic (exact) mass is 226 g/mol. The average molecular weight is 227 g/mol. The molecule has 0 amide bonds. The van der Waals surface area contributed by atoms with Crippen LogP contribution in [-0.4, -0.2) is 18.3 Å². The van der Waals surface area contributed by atoms with Crippen molar-refractivity contribution in [3.63, 3.8) is 0 Å². The molecule has 2 nitrogen and oxygen atoms in total. The van der Waals surface area contributed by atoms with Gasteiger partial charge in [-0.2, -0.15) is 0 Å². The van der Waals surface area contributed by atoms with E-state index >= 15 is 0 Å². The molecule has 0 aliphatic heterocycles. The second-order valence-corrected chi connectivity index (χ2v) is 3.77. The SMILES string of the molecule is C=CCC(O)Cc1cc(Cl)ccc1OC. The lowest BCUT2D eigenvalue weighted by molar-refractivity contribution is 0.177. The first-order chi connectivity index (χ1) is 7.17. The highest BCUT2D eigenvalue weighted by Crippen LogP contribution is 2.24. The third kappa shape index (κ3) is 3.57. The van der Waals surface area contributed by atoms with Crippen molar-refractivity contribution in [3.05, 3.63) is 41.4 Å². The highest BCUT2D eigenvalue weighted by atomic mass is 35.5. The predicted octanol–water partition coefficient (Wildman–Crippen LogP) is 2.83. The Morgan fingerprint density at radius 3 is 2.93 bits per heavy atom. The summed E-state index contributed by atoms with van der Waals surface area (Å²) < 4.78 is 5.18. The lowest BCUT2D eigenvalue weighted by atomic mass is 10.0. The maximum atomic E-state index is 9.64. The zero-order valence-corrected chi connectivity index (χ0v) is 9.50. The summed E-state index contributed by atoms with van der Waals surface area (Å²) in [5.74, 6) is 0.752. The van der Waals surface area contributed by atoms with Crippen LogP contribution < -0.4 is 4.74 Å². The number of methoxy groups -OCH3 is 1. The summed E-state index contributed by atoms with van der Waals surface area (Å²) in [6, 6.07) is 5.38. The number of aliphatic hydroxyl groups is 1. The number of benzene rings is 1. The summed E-state index contributed by atoms with van der Waals surface area (Å²) in [5.41, 5.74) is 0.916. The molecule has 0 aliphatic rings. The zero-order chi connectivity index (χ0) is 11.3. The van der Waals surface area contributed by atoms with Crippen LogP contribution in [0.5, 0.6) is 5.75 Å². The Morgan fingerprint density at radius 1 is 1.60 bits per heavy atom. The van der Waals surface area contributed by atoms with E-state index < -0.39 is 6.10 Å². The van der Waals surface area contributed by atoms with E-state index in [1.165, 1.54) is 0 Å². The zero-order valence-electron chi connectivity index (χ0n) is 8.74. The van der Waals surface area contributed by atoms with Crippen molar-refractivity contribution in [2.24, 2.45) is 0 Å². The van der Waals surface area contributed by atoms with Gasteiger partial charge in [0.15, 0.2) is 0 Å². The maximum absolute atomic E-state index is 9.64. The molecule has 0 saturated heterocycles. The van der Waals surface area contributed by atoms with E-state index in [-0.39, 0.29) is 0 Å². The molecule has 1 rings (SSSR count). The fourth-order valence-electron chi connectivity index (χ4n) is 1.44. The van der Waals surface area contributed by atoms with E-state index in [4.69, 9.17) is 16.3 Å². The number of halogens is 1. The highest BCUT2D eigenvalue weighted by Gasteiger charge is 2.09. The van der Waals surface area contributed by atoms with Gasteiger partial charge >= 0.3 is 0 Å². The molecule has 1 aromatic carbocycles. The molecule has 0 bridgehead atoms. The number of hydrogen-bond acceptors (Lipinski definition) is 2. The van der Waals surface area contributed by atoms with Gasteiger partial charge in [-0.15, -0.1) is 6.58 Å². The highest BCUT2D eigenvalue weighted by molar-refractivity contribution is 6.30.